The van der Waals surface area contributed by atoms with E-state index in [4.69, 9.17) is 4.42 Å². The Bertz CT molecular complexity index is 2620. The van der Waals surface area contributed by atoms with Crippen LogP contribution in [0.25, 0.3) is 55.3 Å². The van der Waals surface area contributed by atoms with E-state index in [1.54, 1.807) is 0 Å². The molecule has 1 aliphatic rings. The summed E-state index contributed by atoms with van der Waals surface area (Å²) in [6.07, 6.45) is 0. The molecule has 8 aromatic rings. The Morgan fingerprint density at radius 2 is 1.04 bits per heavy atom. The first kappa shape index (κ1) is 34.9. The summed E-state index contributed by atoms with van der Waals surface area (Å²) in [5.74, 6) is 0. The number of furan rings is 1. The Labute approximate surface area is 326 Å². The average Bonchev–Trinajstić information content (AvgIpc) is 3.65. The summed E-state index contributed by atoms with van der Waals surface area (Å²) in [6.45, 7) is 18.5. The average molecular weight is 716 g/mol. The number of anilines is 3. The summed E-state index contributed by atoms with van der Waals surface area (Å²) in [6, 6.07) is 55.6. The standard InChI is InChI=1S/C53H49NO/c1-51(2,3)38-30-42-41-32-45-43(33-48(41)55-50(42)46(31-38)52(4,5)6)49-44(53(45,7)8)20-15-21-47(49)54(39-26-22-36(23-27-39)34-16-11-9-12-17-34)40-28-24-37(25-29-40)35-18-13-10-14-19-35/h9-33H,1-8H3. The van der Waals surface area contributed by atoms with Crippen molar-refractivity contribution in [1.29, 1.82) is 0 Å². The maximum atomic E-state index is 6.95. The van der Waals surface area contributed by atoms with Crippen molar-refractivity contribution in [3.05, 3.63) is 174 Å². The SMILES string of the molecule is CC(C)(C)c1cc(C(C)(C)C)c2oc3cc4c(cc3c2c1)C(C)(C)c1cccc(N(c2ccc(-c3ccccc3)cc2)c2ccc(-c3ccccc3)cc2)c1-4. The zero-order chi connectivity index (χ0) is 38.3. The highest BCUT2D eigenvalue weighted by atomic mass is 16.3. The van der Waals surface area contributed by atoms with Gasteiger partial charge in [-0.25, -0.2) is 0 Å². The fourth-order valence-electron chi connectivity index (χ4n) is 8.61. The third-order valence-electron chi connectivity index (χ3n) is 11.7. The minimum Gasteiger partial charge on any atom is -0.456 e. The molecule has 0 unspecified atom stereocenters. The molecule has 0 saturated carbocycles. The lowest BCUT2D eigenvalue weighted by molar-refractivity contribution is 0.559. The van der Waals surface area contributed by atoms with Gasteiger partial charge in [-0.3, -0.25) is 0 Å². The summed E-state index contributed by atoms with van der Waals surface area (Å²) < 4.78 is 6.95. The Kier molecular flexibility index (Phi) is 7.99. The Balaban J connectivity index is 1.26. The van der Waals surface area contributed by atoms with Gasteiger partial charge in [0.1, 0.15) is 11.2 Å². The number of rotatable bonds is 5. The van der Waals surface area contributed by atoms with E-state index >= 15 is 0 Å². The van der Waals surface area contributed by atoms with Crippen LogP contribution < -0.4 is 4.90 Å². The zero-order valence-electron chi connectivity index (χ0n) is 33.3. The van der Waals surface area contributed by atoms with E-state index in [1.807, 2.05) is 0 Å². The topological polar surface area (TPSA) is 16.4 Å². The maximum Gasteiger partial charge on any atom is 0.139 e. The van der Waals surface area contributed by atoms with Crippen molar-refractivity contribution in [2.45, 2.75) is 71.6 Å². The van der Waals surface area contributed by atoms with Gasteiger partial charge in [0.15, 0.2) is 0 Å². The molecular weight excluding hydrogens is 667 g/mol. The fourth-order valence-corrected chi connectivity index (χ4v) is 8.61. The van der Waals surface area contributed by atoms with Gasteiger partial charge < -0.3 is 9.32 Å². The molecule has 0 aliphatic heterocycles. The Morgan fingerprint density at radius 3 is 1.56 bits per heavy atom. The van der Waals surface area contributed by atoms with Crippen LogP contribution in [0.2, 0.25) is 0 Å². The number of hydrogen-bond acceptors (Lipinski definition) is 2. The van der Waals surface area contributed by atoms with Crippen LogP contribution in [0.3, 0.4) is 0 Å². The Morgan fingerprint density at radius 1 is 0.491 bits per heavy atom. The van der Waals surface area contributed by atoms with E-state index in [1.165, 1.54) is 66.4 Å². The maximum absolute atomic E-state index is 6.95. The minimum absolute atomic E-state index is 0.0149. The smallest absolute Gasteiger partial charge is 0.139 e. The molecule has 0 spiro atoms. The number of benzene rings is 7. The lowest BCUT2D eigenvalue weighted by Crippen LogP contribution is -2.16. The van der Waals surface area contributed by atoms with Crippen LogP contribution in [0.5, 0.6) is 0 Å². The van der Waals surface area contributed by atoms with Crippen molar-refractivity contribution < 1.29 is 4.42 Å². The summed E-state index contributed by atoms with van der Waals surface area (Å²) in [5, 5.41) is 2.40. The molecule has 0 N–H and O–H groups in total. The minimum atomic E-state index is -0.215. The molecule has 7 aromatic carbocycles. The summed E-state index contributed by atoms with van der Waals surface area (Å²) >= 11 is 0. The second-order valence-electron chi connectivity index (χ2n) is 17.9. The molecule has 1 aliphatic carbocycles. The molecule has 272 valence electrons. The van der Waals surface area contributed by atoms with Crippen molar-refractivity contribution in [3.63, 3.8) is 0 Å². The van der Waals surface area contributed by atoms with E-state index in [9.17, 15) is 0 Å². The van der Waals surface area contributed by atoms with Crippen LogP contribution in [0.1, 0.15) is 77.6 Å². The summed E-state index contributed by atoms with van der Waals surface area (Å²) in [4.78, 5) is 2.43. The van der Waals surface area contributed by atoms with Gasteiger partial charge in [-0.05, 0) is 104 Å². The fraction of sp³-hybridized carbons (Fsp3) is 0.208. The predicted molar refractivity (Wildman–Crippen MR) is 234 cm³/mol. The lowest BCUT2D eigenvalue weighted by Gasteiger charge is -2.29. The van der Waals surface area contributed by atoms with Crippen molar-refractivity contribution in [2.75, 3.05) is 4.90 Å². The first-order chi connectivity index (χ1) is 26.3. The molecule has 2 heteroatoms. The van der Waals surface area contributed by atoms with E-state index in [-0.39, 0.29) is 16.2 Å². The first-order valence-corrected chi connectivity index (χ1v) is 19.6. The van der Waals surface area contributed by atoms with Gasteiger partial charge >= 0.3 is 0 Å². The number of nitrogens with zero attached hydrogens (tertiary/aromatic N) is 1. The van der Waals surface area contributed by atoms with Crippen molar-refractivity contribution >= 4 is 39.0 Å². The van der Waals surface area contributed by atoms with Crippen molar-refractivity contribution in [1.82, 2.24) is 0 Å². The molecular formula is C53H49NO. The van der Waals surface area contributed by atoms with Gasteiger partial charge in [-0.2, -0.15) is 0 Å². The van der Waals surface area contributed by atoms with Gasteiger partial charge in [0.05, 0.1) is 5.69 Å². The molecule has 2 nitrogen and oxygen atoms in total. The number of hydrogen-bond donors (Lipinski definition) is 0. The first-order valence-electron chi connectivity index (χ1n) is 19.6. The van der Waals surface area contributed by atoms with Gasteiger partial charge in [0.2, 0.25) is 0 Å². The molecule has 55 heavy (non-hydrogen) atoms. The van der Waals surface area contributed by atoms with Crippen LogP contribution >= 0.6 is 0 Å². The normalized spacial score (nSPS) is 13.6. The van der Waals surface area contributed by atoms with Crippen LogP contribution in [0, 0.1) is 0 Å². The van der Waals surface area contributed by atoms with Crippen LogP contribution in [0.15, 0.2) is 156 Å². The third-order valence-corrected chi connectivity index (χ3v) is 11.7. The van der Waals surface area contributed by atoms with E-state index in [2.05, 4.69) is 212 Å². The largest absolute Gasteiger partial charge is 0.456 e. The van der Waals surface area contributed by atoms with Gasteiger partial charge in [-0.1, -0.05) is 159 Å². The van der Waals surface area contributed by atoms with E-state index in [0.717, 1.165) is 28.2 Å². The highest BCUT2D eigenvalue weighted by molar-refractivity contribution is 6.10. The highest BCUT2D eigenvalue weighted by Gasteiger charge is 2.39. The van der Waals surface area contributed by atoms with Gasteiger partial charge in [-0.15, -0.1) is 0 Å². The van der Waals surface area contributed by atoms with Crippen LogP contribution in [-0.4, -0.2) is 0 Å². The molecule has 9 rings (SSSR count). The zero-order valence-corrected chi connectivity index (χ0v) is 33.3. The molecule has 0 bridgehead atoms. The molecule has 0 radical (unpaired) electrons. The molecule has 0 amide bonds. The second kappa shape index (κ2) is 12.6. The van der Waals surface area contributed by atoms with Crippen molar-refractivity contribution in [3.8, 4) is 33.4 Å². The van der Waals surface area contributed by atoms with Gasteiger partial charge in [0, 0.05) is 38.7 Å². The quantitative estimate of drug-likeness (QED) is 0.176. The van der Waals surface area contributed by atoms with Crippen LogP contribution in [-0.2, 0) is 16.2 Å². The van der Waals surface area contributed by atoms with E-state index in [0.29, 0.717) is 0 Å². The highest BCUT2D eigenvalue weighted by Crippen LogP contribution is 2.56. The third kappa shape index (κ3) is 5.87. The van der Waals surface area contributed by atoms with Gasteiger partial charge in [0.25, 0.3) is 0 Å². The van der Waals surface area contributed by atoms with E-state index < -0.39 is 0 Å². The van der Waals surface area contributed by atoms with Crippen molar-refractivity contribution in [2.24, 2.45) is 0 Å². The summed E-state index contributed by atoms with van der Waals surface area (Å²) in [7, 11) is 0. The summed E-state index contributed by atoms with van der Waals surface area (Å²) in [5.41, 5.74) is 17.6. The second-order valence-corrected chi connectivity index (χ2v) is 17.9. The van der Waals surface area contributed by atoms with Crippen LogP contribution in [0.4, 0.5) is 17.1 Å². The number of fused-ring (bicyclic) bond motifs is 6. The molecule has 0 saturated heterocycles. The molecule has 0 atom stereocenters. The molecule has 1 aromatic heterocycles. The molecule has 1 heterocycles. The monoisotopic (exact) mass is 715 g/mol. The lowest BCUT2D eigenvalue weighted by atomic mass is 9.79. The Hall–Kier alpha value is -5.86. The predicted octanol–water partition coefficient (Wildman–Crippen LogP) is 15.3. The molecule has 0 fully saturated rings.